The van der Waals surface area contributed by atoms with E-state index in [1.165, 1.54) is 18.2 Å². The summed E-state index contributed by atoms with van der Waals surface area (Å²) in [5.74, 6) is -0.328. The highest BCUT2D eigenvalue weighted by Crippen LogP contribution is 2.25. The van der Waals surface area contributed by atoms with Gasteiger partial charge in [-0.2, -0.15) is 5.26 Å². The normalized spacial score (nSPS) is 13.2. The molecule has 0 saturated heterocycles. The molecule has 3 nitrogen and oxygen atoms in total. The van der Waals surface area contributed by atoms with Gasteiger partial charge in [-0.05, 0) is 31.5 Å². The van der Waals surface area contributed by atoms with E-state index in [-0.39, 0.29) is 11.8 Å². The van der Waals surface area contributed by atoms with Gasteiger partial charge in [-0.1, -0.05) is 12.1 Å². The van der Waals surface area contributed by atoms with Crippen molar-refractivity contribution in [2.75, 3.05) is 0 Å². The lowest BCUT2D eigenvalue weighted by molar-refractivity contribution is -0.274. The minimum absolute atomic E-state index is 0.0434. The van der Waals surface area contributed by atoms with Crippen LogP contribution in [-0.4, -0.2) is 12.4 Å². The molecule has 0 heterocycles. The summed E-state index contributed by atoms with van der Waals surface area (Å²) in [6.07, 6.45) is -4.73. The van der Waals surface area contributed by atoms with Crippen molar-refractivity contribution < 1.29 is 17.9 Å². The van der Waals surface area contributed by atoms with Crippen molar-refractivity contribution in [3.63, 3.8) is 0 Å². The first-order valence-electron chi connectivity index (χ1n) is 5.33. The van der Waals surface area contributed by atoms with Gasteiger partial charge < -0.3 is 4.74 Å². The Hall–Kier alpha value is -1.74. The molecule has 1 N–H and O–H groups in total. The Morgan fingerprint density at radius 3 is 2.50 bits per heavy atom. The quantitative estimate of drug-likeness (QED) is 0.902. The molecule has 1 unspecified atom stereocenters. The average molecular weight is 258 g/mol. The van der Waals surface area contributed by atoms with Crippen molar-refractivity contribution in [1.29, 1.82) is 5.26 Å². The first-order valence-corrected chi connectivity index (χ1v) is 5.33. The van der Waals surface area contributed by atoms with Gasteiger partial charge in [-0.15, -0.1) is 13.2 Å². The number of nitriles is 1. The second-order valence-electron chi connectivity index (χ2n) is 4.00. The van der Waals surface area contributed by atoms with E-state index in [1.54, 1.807) is 6.07 Å². The minimum Gasteiger partial charge on any atom is -0.406 e. The van der Waals surface area contributed by atoms with Crippen LogP contribution in [-0.2, 0) is 0 Å². The summed E-state index contributed by atoms with van der Waals surface area (Å²) in [6.45, 7) is 3.70. The third-order valence-electron chi connectivity index (χ3n) is 2.05. The molecule has 0 saturated carbocycles. The maximum Gasteiger partial charge on any atom is 0.573 e. The fourth-order valence-electron chi connectivity index (χ4n) is 1.43. The van der Waals surface area contributed by atoms with Crippen molar-refractivity contribution in [2.45, 2.75) is 32.3 Å². The molecule has 0 aliphatic rings. The molecule has 0 amide bonds. The van der Waals surface area contributed by atoms with Crippen LogP contribution >= 0.6 is 0 Å². The zero-order chi connectivity index (χ0) is 13.8. The molecule has 0 aliphatic heterocycles. The van der Waals surface area contributed by atoms with E-state index < -0.39 is 12.4 Å². The van der Waals surface area contributed by atoms with Gasteiger partial charge in [0.1, 0.15) is 11.8 Å². The van der Waals surface area contributed by atoms with Crippen LogP contribution in [0, 0.1) is 11.3 Å². The molecule has 0 aromatic heterocycles. The Balaban J connectivity index is 2.90. The third-order valence-corrected chi connectivity index (χ3v) is 2.05. The van der Waals surface area contributed by atoms with Crippen LogP contribution in [0.3, 0.4) is 0 Å². The Morgan fingerprint density at radius 2 is 2.00 bits per heavy atom. The summed E-state index contributed by atoms with van der Waals surface area (Å²) < 4.78 is 40.0. The molecule has 0 fully saturated rings. The van der Waals surface area contributed by atoms with Gasteiger partial charge in [0.05, 0.1) is 6.07 Å². The molecular formula is C12H13F3N2O. The fourth-order valence-corrected chi connectivity index (χ4v) is 1.43. The number of nitrogens with zero attached hydrogens (tertiary/aromatic N) is 1. The van der Waals surface area contributed by atoms with E-state index in [1.807, 2.05) is 19.9 Å². The molecule has 1 atom stereocenters. The number of hydrogen-bond acceptors (Lipinski definition) is 3. The third kappa shape index (κ3) is 4.63. The van der Waals surface area contributed by atoms with Crippen LogP contribution < -0.4 is 10.1 Å². The summed E-state index contributed by atoms with van der Waals surface area (Å²) in [5, 5.41) is 11.9. The molecule has 18 heavy (non-hydrogen) atoms. The average Bonchev–Trinajstić information content (AvgIpc) is 2.23. The Morgan fingerprint density at radius 1 is 1.33 bits per heavy atom. The number of rotatable bonds is 4. The smallest absolute Gasteiger partial charge is 0.406 e. The second kappa shape index (κ2) is 5.74. The van der Waals surface area contributed by atoms with Crippen LogP contribution in [0.4, 0.5) is 13.2 Å². The Bertz CT molecular complexity index is 438. The summed E-state index contributed by atoms with van der Waals surface area (Å²) in [5.41, 5.74) is 0.438. The summed E-state index contributed by atoms with van der Waals surface area (Å²) in [4.78, 5) is 0. The van der Waals surface area contributed by atoms with Gasteiger partial charge in [0.2, 0.25) is 0 Å². The fraction of sp³-hybridized carbons (Fsp3) is 0.417. The van der Waals surface area contributed by atoms with E-state index in [2.05, 4.69) is 10.1 Å². The minimum atomic E-state index is -4.73. The topological polar surface area (TPSA) is 45.0 Å². The highest BCUT2D eigenvalue weighted by Gasteiger charge is 2.31. The molecule has 1 aromatic rings. The van der Waals surface area contributed by atoms with Crippen LogP contribution in [0.25, 0.3) is 0 Å². The second-order valence-corrected chi connectivity index (χ2v) is 4.00. The van der Waals surface area contributed by atoms with E-state index in [9.17, 15) is 13.2 Å². The van der Waals surface area contributed by atoms with Crippen molar-refractivity contribution >= 4 is 0 Å². The van der Waals surface area contributed by atoms with Crippen molar-refractivity contribution in [3.8, 4) is 11.8 Å². The lowest BCUT2D eigenvalue weighted by Gasteiger charge is -2.16. The highest BCUT2D eigenvalue weighted by atomic mass is 19.4. The maximum absolute atomic E-state index is 12.1. The summed E-state index contributed by atoms with van der Waals surface area (Å²) in [7, 11) is 0. The standard InChI is InChI=1S/C12H13F3N2O/c1-8(2)17-11(7-16)9-4-3-5-10(6-9)18-12(13,14)15/h3-6,8,11,17H,1-2H3. The van der Waals surface area contributed by atoms with Crippen LogP contribution in [0.2, 0.25) is 0 Å². The van der Waals surface area contributed by atoms with Gasteiger partial charge in [-0.3, -0.25) is 5.32 Å². The first-order chi connectivity index (χ1) is 8.31. The molecule has 0 aliphatic carbocycles. The van der Waals surface area contributed by atoms with Gasteiger partial charge in [0.15, 0.2) is 0 Å². The van der Waals surface area contributed by atoms with E-state index >= 15 is 0 Å². The SMILES string of the molecule is CC(C)NC(C#N)c1cccc(OC(F)(F)F)c1. The largest absolute Gasteiger partial charge is 0.573 e. The van der Waals surface area contributed by atoms with Crippen LogP contribution in [0.1, 0.15) is 25.5 Å². The van der Waals surface area contributed by atoms with E-state index in [0.29, 0.717) is 5.56 Å². The first kappa shape index (κ1) is 14.3. The van der Waals surface area contributed by atoms with Gasteiger partial charge in [-0.25, -0.2) is 0 Å². The molecule has 98 valence electrons. The number of alkyl halides is 3. The van der Waals surface area contributed by atoms with E-state index in [4.69, 9.17) is 5.26 Å². The van der Waals surface area contributed by atoms with Gasteiger partial charge in [0, 0.05) is 6.04 Å². The molecular weight excluding hydrogens is 245 g/mol. The van der Waals surface area contributed by atoms with E-state index in [0.717, 1.165) is 0 Å². The number of ether oxygens (including phenoxy) is 1. The molecule has 6 heteroatoms. The molecule has 0 bridgehead atoms. The molecule has 0 spiro atoms. The molecule has 1 aromatic carbocycles. The predicted molar refractivity (Wildman–Crippen MR) is 59.8 cm³/mol. The van der Waals surface area contributed by atoms with Crippen molar-refractivity contribution in [1.82, 2.24) is 5.32 Å². The maximum atomic E-state index is 12.1. The highest BCUT2D eigenvalue weighted by molar-refractivity contribution is 5.33. The van der Waals surface area contributed by atoms with Crippen LogP contribution in [0.15, 0.2) is 24.3 Å². The molecule has 0 radical (unpaired) electrons. The van der Waals surface area contributed by atoms with Crippen molar-refractivity contribution in [2.24, 2.45) is 0 Å². The molecule has 1 rings (SSSR count). The number of benzene rings is 1. The van der Waals surface area contributed by atoms with Gasteiger partial charge in [0.25, 0.3) is 0 Å². The predicted octanol–water partition coefficient (Wildman–Crippen LogP) is 3.15. The van der Waals surface area contributed by atoms with Gasteiger partial charge >= 0.3 is 6.36 Å². The number of halogens is 3. The zero-order valence-electron chi connectivity index (χ0n) is 9.95. The lowest BCUT2D eigenvalue weighted by Crippen LogP contribution is -2.27. The van der Waals surface area contributed by atoms with Crippen LogP contribution in [0.5, 0.6) is 5.75 Å². The summed E-state index contributed by atoms with van der Waals surface area (Å²) >= 11 is 0. The summed E-state index contributed by atoms with van der Waals surface area (Å²) in [6, 6.07) is 6.77. The number of hydrogen-bond donors (Lipinski definition) is 1. The Kier molecular flexibility index (Phi) is 4.56. The Labute approximate surface area is 103 Å². The zero-order valence-corrected chi connectivity index (χ0v) is 9.95. The lowest BCUT2D eigenvalue weighted by atomic mass is 10.1. The monoisotopic (exact) mass is 258 g/mol. The van der Waals surface area contributed by atoms with Crippen molar-refractivity contribution in [3.05, 3.63) is 29.8 Å². The number of nitrogens with one attached hydrogen (secondary N) is 1.